The van der Waals surface area contributed by atoms with Gasteiger partial charge in [-0.1, -0.05) is 6.42 Å². The van der Waals surface area contributed by atoms with Gasteiger partial charge >= 0.3 is 0 Å². The van der Waals surface area contributed by atoms with Crippen LogP contribution in [0.4, 0.5) is 17.3 Å². The zero-order chi connectivity index (χ0) is 16.5. The highest BCUT2D eigenvalue weighted by Gasteiger charge is 2.15. The van der Waals surface area contributed by atoms with Gasteiger partial charge in [0.05, 0.1) is 12.1 Å². The summed E-state index contributed by atoms with van der Waals surface area (Å²) >= 11 is 0. The molecule has 0 bridgehead atoms. The number of rotatable bonds is 7. The summed E-state index contributed by atoms with van der Waals surface area (Å²) in [4.78, 5) is 12.2. The highest BCUT2D eigenvalue weighted by molar-refractivity contribution is 5.75. The van der Waals surface area contributed by atoms with Crippen LogP contribution in [0.5, 0.6) is 0 Å². The maximum Gasteiger partial charge on any atom is 0.159 e. The Kier molecular flexibility index (Phi) is 6.40. The molecule has 1 aliphatic heterocycles. The number of hydrogen-bond acceptors (Lipinski definition) is 8. The Bertz CT molecular complexity index is 566. The molecule has 8 nitrogen and oxygen atoms in total. The summed E-state index contributed by atoms with van der Waals surface area (Å²) in [5.74, 6) is 0.969. The van der Waals surface area contributed by atoms with Crippen molar-refractivity contribution in [2.24, 2.45) is 0 Å². The predicted octanol–water partition coefficient (Wildman–Crippen LogP) is 0.810. The molecule has 0 aromatic carbocycles. The standard InChI is InChI=1S/C15H22N8/c16-4-9-23(10-5-17)15-13(18)14(20-12-21-15)19-6-11-22-7-2-1-3-8-22/h12H,1-3,6-11,18H2,(H,19,20,21). The molecule has 2 heterocycles. The van der Waals surface area contributed by atoms with Gasteiger partial charge in [-0.25, -0.2) is 9.97 Å². The van der Waals surface area contributed by atoms with Crippen LogP contribution in [0.3, 0.4) is 0 Å². The lowest BCUT2D eigenvalue weighted by molar-refractivity contribution is 0.237. The molecule has 1 aromatic heterocycles. The Morgan fingerprint density at radius 3 is 2.52 bits per heavy atom. The van der Waals surface area contributed by atoms with Crippen LogP contribution in [-0.2, 0) is 0 Å². The van der Waals surface area contributed by atoms with Crippen molar-refractivity contribution in [3.63, 3.8) is 0 Å². The van der Waals surface area contributed by atoms with Crippen LogP contribution in [0.15, 0.2) is 6.33 Å². The van der Waals surface area contributed by atoms with E-state index in [4.69, 9.17) is 16.3 Å². The Hall–Kier alpha value is -2.58. The van der Waals surface area contributed by atoms with E-state index >= 15 is 0 Å². The number of nitrogens with two attached hydrogens (primary N) is 1. The van der Waals surface area contributed by atoms with Gasteiger partial charge in [-0.05, 0) is 25.9 Å². The van der Waals surface area contributed by atoms with Gasteiger partial charge in [0.1, 0.15) is 25.1 Å². The van der Waals surface area contributed by atoms with Gasteiger partial charge in [-0.2, -0.15) is 10.5 Å². The summed E-state index contributed by atoms with van der Waals surface area (Å²) in [6.45, 7) is 4.09. The molecular weight excluding hydrogens is 292 g/mol. The first-order valence-corrected chi connectivity index (χ1v) is 7.81. The Balaban J connectivity index is 1.98. The van der Waals surface area contributed by atoms with E-state index in [0.717, 1.165) is 26.2 Å². The number of hydrogen-bond donors (Lipinski definition) is 2. The average molecular weight is 314 g/mol. The number of aromatic nitrogens is 2. The molecule has 1 fully saturated rings. The van der Waals surface area contributed by atoms with Crippen molar-refractivity contribution in [2.45, 2.75) is 19.3 Å². The van der Waals surface area contributed by atoms with Crippen LogP contribution in [0.1, 0.15) is 19.3 Å². The van der Waals surface area contributed by atoms with Crippen molar-refractivity contribution >= 4 is 17.3 Å². The second-order valence-corrected chi connectivity index (χ2v) is 5.46. The lowest BCUT2D eigenvalue weighted by Gasteiger charge is -2.26. The van der Waals surface area contributed by atoms with Gasteiger partial charge < -0.3 is 20.9 Å². The van der Waals surface area contributed by atoms with Gasteiger partial charge in [-0.3, -0.25) is 0 Å². The molecule has 2 rings (SSSR count). The number of anilines is 3. The molecule has 122 valence electrons. The van der Waals surface area contributed by atoms with Gasteiger partial charge in [0.2, 0.25) is 0 Å². The first-order chi connectivity index (χ1) is 11.3. The minimum Gasteiger partial charge on any atom is -0.393 e. The highest BCUT2D eigenvalue weighted by Crippen LogP contribution is 2.25. The fraction of sp³-hybridized carbons (Fsp3) is 0.600. The fourth-order valence-corrected chi connectivity index (χ4v) is 2.67. The van der Waals surface area contributed by atoms with E-state index in [1.807, 2.05) is 12.1 Å². The van der Waals surface area contributed by atoms with Crippen molar-refractivity contribution in [2.75, 3.05) is 55.2 Å². The lowest BCUT2D eigenvalue weighted by atomic mass is 10.1. The molecule has 0 amide bonds. The van der Waals surface area contributed by atoms with Crippen LogP contribution in [0, 0.1) is 22.7 Å². The van der Waals surface area contributed by atoms with Crippen molar-refractivity contribution in [3.05, 3.63) is 6.33 Å². The molecule has 1 aliphatic rings. The van der Waals surface area contributed by atoms with E-state index < -0.39 is 0 Å². The second-order valence-electron chi connectivity index (χ2n) is 5.46. The highest BCUT2D eigenvalue weighted by atomic mass is 15.2. The quantitative estimate of drug-likeness (QED) is 0.710. The molecule has 8 heteroatoms. The molecule has 0 atom stereocenters. The second kappa shape index (κ2) is 8.76. The molecule has 1 saturated heterocycles. The van der Waals surface area contributed by atoms with Crippen LogP contribution in [0.2, 0.25) is 0 Å². The molecule has 0 saturated carbocycles. The topological polar surface area (TPSA) is 118 Å². The van der Waals surface area contributed by atoms with E-state index in [9.17, 15) is 0 Å². The summed E-state index contributed by atoms with van der Waals surface area (Å²) < 4.78 is 0. The van der Waals surface area contributed by atoms with E-state index in [2.05, 4.69) is 20.2 Å². The van der Waals surface area contributed by atoms with Crippen LogP contribution >= 0.6 is 0 Å². The van der Waals surface area contributed by atoms with Crippen molar-refractivity contribution < 1.29 is 0 Å². The molecular formula is C15H22N8. The smallest absolute Gasteiger partial charge is 0.159 e. The minimum atomic E-state index is 0.0575. The summed E-state index contributed by atoms with van der Waals surface area (Å²) in [6, 6.07) is 4.03. The largest absolute Gasteiger partial charge is 0.393 e. The number of piperidine rings is 1. The zero-order valence-corrected chi connectivity index (χ0v) is 13.2. The Morgan fingerprint density at radius 2 is 1.87 bits per heavy atom. The minimum absolute atomic E-state index is 0.0575. The van der Waals surface area contributed by atoms with Gasteiger partial charge in [0, 0.05) is 13.1 Å². The van der Waals surface area contributed by atoms with Crippen LogP contribution < -0.4 is 16.0 Å². The molecule has 23 heavy (non-hydrogen) atoms. The van der Waals surface area contributed by atoms with E-state index in [0.29, 0.717) is 17.3 Å². The molecule has 1 aromatic rings. The third-order valence-corrected chi connectivity index (χ3v) is 3.85. The number of nitrogen functional groups attached to an aromatic ring is 1. The number of nitrogens with one attached hydrogen (secondary N) is 1. The van der Waals surface area contributed by atoms with Crippen LogP contribution in [0.25, 0.3) is 0 Å². The maximum absolute atomic E-state index is 8.86. The Labute approximate surface area is 136 Å². The van der Waals surface area contributed by atoms with Crippen molar-refractivity contribution in [1.29, 1.82) is 10.5 Å². The molecule has 0 spiro atoms. The zero-order valence-electron chi connectivity index (χ0n) is 13.2. The number of nitrogens with zero attached hydrogens (tertiary/aromatic N) is 6. The number of nitriles is 2. The molecule has 3 N–H and O–H groups in total. The SMILES string of the molecule is N#CCN(CC#N)c1ncnc(NCCN2CCCCC2)c1N. The van der Waals surface area contributed by atoms with Crippen LogP contribution in [-0.4, -0.2) is 54.1 Å². The van der Waals surface area contributed by atoms with Gasteiger partial charge in [0.25, 0.3) is 0 Å². The van der Waals surface area contributed by atoms with Crippen molar-refractivity contribution in [3.8, 4) is 12.1 Å². The first kappa shape index (κ1) is 16.8. The monoisotopic (exact) mass is 314 g/mol. The third-order valence-electron chi connectivity index (χ3n) is 3.85. The van der Waals surface area contributed by atoms with E-state index in [1.165, 1.54) is 30.5 Å². The average Bonchev–Trinajstić information content (AvgIpc) is 2.57. The van der Waals surface area contributed by atoms with Crippen molar-refractivity contribution in [1.82, 2.24) is 14.9 Å². The third kappa shape index (κ3) is 4.70. The summed E-state index contributed by atoms with van der Waals surface area (Å²) in [6.07, 6.45) is 5.24. The fourth-order valence-electron chi connectivity index (χ4n) is 2.67. The lowest BCUT2D eigenvalue weighted by Crippen LogP contribution is -2.34. The molecule has 0 aliphatic carbocycles. The van der Waals surface area contributed by atoms with Gasteiger partial charge in [0.15, 0.2) is 11.6 Å². The Morgan fingerprint density at radius 1 is 1.17 bits per heavy atom. The predicted molar refractivity (Wildman–Crippen MR) is 88.7 cm³/mol. The summed E-state index contributed by atoms with van der Waals surface area (Å²) in [5, 5.41) is 21.0. The summed E-state index contributed by atoms with van der Waals surface area (Å²) in [7, 11) is 0. The maximum atomic E-state index is 8.86. The molecule has 0 unspecified atom stereocenters. The van der Waals surface area contributed by atoms with E-state index in [-0.39, 0.29) is 13.1 Å². The molecule has 0 radical (unpaired) electrons. The summed E-state index contributed by atoms with van der Waals surface area (Å²) in [5.41, 5.74) is 6.47. The van der Waals surface area contributed by atoms with Gasteiger partial charge in [-0.15, -0.1) is 0 Å². The first-order valence-electron chi connectivity index (χ1n) is 7.81. The number of likely N-dealkylation sites (tertiary alicyclic amines) is 1. The normalized spacial score (nSPS) is 14.7. The van der Waals surface area contributed by atoms with E-state index in [1.54, 1.807) is 0 Å².